The Hall–Kier alpha value is -4.40. The number of methoxy groups -OCH3 is 1. The summed E-state index contributed by atoms with van der Waals surface area (Å²) in [6.45, 7) is 3.70. The first-order chi connectivity index (χ1) is 16.4. The fraction of sp³-hybridized carbons (Fsp3) is 0.200. The van der Waals surface area contributed by atoms with Crippen LogP contribution in [0.25, 0.3) is 22.3 Å². The van der Waals surface area contributed by atoms with Gasteiger partial charge in [0.1, 0.15) is 0 Å². The number of aromatic nitrogens is 3. The summed E-state index contributed by atoms with van der Waals surface area (Å²) in [5, 5.41) is 7.99. The number of carbonyl (C=O) groups excluding carboxylic acids is 2. The second kappa shape index (κ2) is 9.62. The van der Waals surface area contributed by atoms with Gasteiger partial charge in [-0.2, -0.15) is 5.10 Å². The molecule has 0 saturated heterocycles. The maximum atomic E-state index is 13.4. The van der Waals surface area contributed by atoms with Gasteiger partial charge in [-0.1, -0.05) is 30.3 Å². The minimum absolute atomic E-state index is 0.0680. The first-order valence-electron chi connectivity index (χ1n) is 10.7. The summed E-state index contributed by atoms with van der Waals surface area (Å²) in [6, 6.07) is 16.4. The van der Waals surface area contributed by atoms with E-state index in [0.717, 1.165) is 5.56 Å². The van der Waals surface area contributed by atoms with E-state index in [1.54, 1.807) is 35.1 Å². The molecule has 0 fully saturated rings. The molecule has 2 aromatic carbocycles. The number of benzene rings is 2. The number of ether oxygens (including phenoxy) is 2. The highest BCUT2D eigenvalue weighted by Crippen LogP contribution is 2.31. The SMILES string of the molecule is COc1ccc(NC(=O)c2cc(-c3ccccc3)nc3c2cnn3C(C)C)cc1OCC(N)=O. The van der Waals surface area contributed by atoms with E-state index in [0.29, 0.717) is 33.7 Å². The van der Waals surface area contributed by atoms with Gasteiger partial charge < -0.3 is 20.5 Å². The number of primary amides is 1. The second-order valence-electron chi connectivity index (χ2n) is 7.92. The highest BCUT2D eigenvalue weighted by atomic mass is 16.5. The lowest BCUT2D eigenvalue weighted by molar-refractivity contribution is -0.119. The number of nitrogens with zero attached hydrogens (tertiary/aromatic N) is 3. The van der Waals surface area contributed by atoms with Crippen molar-refractivity contribution >= 4 is 28.5 Å². The molecule has 0 aliphatic carbocycles. The predicted octanol–water partition coefficient (Wildman–Crippen LogP) is 3.80. The summed E-state index contributed by atoms with van der Waals surface area (Å²) in [4.78, 5) is 29.3. The normalized spacial score (nSPS) is 10.9. The van der Waals surface area contributed by atoms with Gasteiger partial charge in [-0.25, -0.2) is 9.67 Å². The standard InChI is InChI=1S/C25H25N5O4/c1-15(2)30-24-19(13-27-30)18(12-20(29-24)16-7-5-4-6-8-16)25(32)28-17-9-10-21(33-3)22(11-17)34-14-23(26)31/h4-13,15H,14H2,1-3H3,(H2,26,31)(H,28,32). The topological polar surface area (TPSA) is 121 Å². The Bertz CT molecular complexity index is 1350. The fourth-order valence-corrected chi connectivity index (χ4v) is 3.56. The van der Waals surface area contributed by atoms with E-state index in [4.69, 9.17) is 20.2 Å². The molecule has 4 aromatic rings. The van der Waals surface area contributed by atoms with Gasteiger partial charge in [0.25, 0.3) is 11.8 Å². The lowest BCUT2D eigenvalue weighted by Crippen LogP contribution is -2.20. The van der Waals surface area contributed by atoms with Gasteiger partial charge in [-0.3, -0.25) is 9.59 Å². The molecular weight excluding hydrogens is 434 g/mol. The summed E-state index contributed by atoms with van der Waals surface area (Å²) in [7, 11) is 1.48. The van der Waals surface area contributed by atoms with Gasteiger partial charge in [0, 0.05) is 23.4 Å². The molecule has 0 spiro atoms. The van der Waals surface area contributed by atoms with Crippen molar-refractivity contribution in [2.24, 2.45) is 5.73 Å². The van der Waals surface area contributed by atoms with Crippen LogP contribution in [0.15, 0.2) is 60.8 Å². The maximum absolute atomic E-state index is 13.4. The molecule has 0 radical (unpaired) electrons. The van der Waals surface area contributed by atoms with Crippen molar-refractivity contribution in [1.29, 1.82) is 0 Å². The van der Waals surface area contributed by atoms with Gasteiger partial charge in [0.05, 0.1) is 30.0 Å². The number of carbonyl (C=O) groups is 2. The van der Waals surface area contributed by atoms with Crippen LogP contribution in [-0.2, 0) is 4.79 Å². The van der Waals surface area contributed by atoms with Gasteiger partial charge in [0.2, 0.25) is 0 Å². The van der Waals surface area contributed by atoms with E-state index in [1.807, 2.05) is 44.2 Å². The predicted molar refractivity (Wildman–Crippen MR) is 129 cm³/mol. The molecule has 0 saturated carbocycles. The maximum Gasteiger partial charge on any atom is 0.256 e. The van der Waals surface area contributed by atoms with E-state index >= 15 is 0 Å². The van der Waals surface area contributed by atoms with Crippen LogP contribution in [0.2, 0.25) is 0 Å². The molecule has 2 aromatic heterocycles. The van der Waals surface area contributed by atoms with Crippen LogP contribution in [0.3, 0.4) is 0 Å². The largest absolute Gasteiger partial charge is 0.493 e. The number of amides is 2. The molecule has 9 heteroatoms. The summed E-state index contributed by atoms with van der Waals surface area (Å²) < 4.78 is 12.5. The van der Waals surface area contributed by atoms with Crippen LogP contribution in [-0.4, -0.2) is 40.3 Å². The molecule has 2 heterocycles. The highest BCUT2D eigenvalue weighted by Gasteiger charge is 2.19. The fourth-order valence-electron chi connectivity index (χ4n) is 3.56. The molecule has 2 amide bonds. The number of anilines is 1. The van der Waals surface area contributed by atoms with Crippen LogP contribution in [0.4, 0.5) is 5.69 Å². The van der Waals surface area contributed by atoms with Crippen molar-refractivity contribution in [2.45, 2.75) is 19.9 Å². The Morgan fingerprint density at radius 2 is 1.85 bits per heavy atom. The Balaban J connectivity index is 1.74. The van der Waals surface area contributed by atoms with Crippen molar-refractivity contribution in [3.05, 3.63) is 66.4 Å². The molecule has 4 rings (SSSR count). The summed E-state index contributed by atoms with van der Waals surface area (Å²) >= 11 is 0. The van der Waals surface area contributed by atoms with Crippen LogP contribution in [0.1, 0.15) is 30.2 Å². The number of hydrogen-bond acceptors (Lipinski definition) is 6. The third-order valence-electron chi connectivity index (χ3n) is 5.16. The Labute approximate surface area is 196 Å². The lowest BCUT2D eigenvalue weighted by atomic mass is 10.1. The molecule has 3 N–H and O–H groups in total. The monoisotopic (exact) mass is 459 g/mol. The van der Waals surface area contributed by atoms with Crippen molar-refractivity contribution in [3.63, 3.8) is 0 Å². The summed E-state index contributed by atoms with van der Waals surface area (Å²) in [6.07, 6.45) is 1.65. The van der Waals surface area contributed by atoms with E-state index in [2.05, 4.69) is 10.4 Å². The van der Waals surface area contributed by atoms with E-state index in [1.165, 1.54) is 7.11 Å². The average molecular weight is 460 g/mol. The van der Waals surface area contributed by atoms with E-state index in [9.17, 15) is 9.59 Å². The molecule has 174 valence electrons. The molecule has 9 nitrogen and oxygen atoms in total. The van der Waals surface area contributed by atoms with Crippen molar-refractivity contribution in [1.82, 2.24) is 14.8 Å². The van der Waals surface area contributed by atoms with Crippen LogP contribution in [0, 0.1) is 0 Å². The van der Waals surface area contributed by atoms with Crippen LogP contribution < -0.4 is 20.5 Å². The van der Waals surface area contributed by atoms with Gasteiger partial charge in [-0.15, -0.1) is 0 Å². The lowest BCUT2D eigenvalue weighted by Gasteiger charge is -2.13. The molecule has 0 atom stereocenters. The smallest absolute Gasteiger partial charge is 0.256 e. The first kappa shape index (κ1) is 22.8. The zero-order valence-electron chi connectivity index (χ0n) is 19.1. The first-order valence-corrected chi connectivity index (χ1v) is 10.7. The van der Waals surface area contributed by atoms with E-state index in [-0.39, 0.29) is 24.3 Å². The molecule has 34 heavy (non-hydrogen) atoms. The number of pyridine rings is 1. The highest BCUT2D eigenvalue weighted by molar-refractivity contribution is 6.12. The number of nitrogens with one attached hydrogen (secondary N) is 1. The zero-order chi connectivity index (χ0) is 24.2. The number of nitrogens with two attached hydrogens (primary N) is 1. The van der Waals surface area contributed by atoms with Crippen molar-refractivity contribution < 1.29 is 19.1 Å². The molecule has 0 aliphatic heterocycles. The average Bonchev–Trinajstić information content (AvgIpc) is 3.27. The van der Waals surface area contributed by atoms with Crippen molar-refractivity contribution in [2.75, 3.05) is 19.0 Å². The number of fused-ring (bicyclic) bond motifs is 1. The third-order valence-corrected chi connectivity index (χ3v) is 5.16. The van der Waals surface area contributed by atoms with Crippen LogP contribution >= 0.6 is 0 Å². The summed E-state index contributed by atoms with van der Waals surface area (Å²) in [5.41, 5.74) is 8.26. The second-order valence-corrected chi connectivity index (χ2v) is 7.92. The van der Waals surface area contributed by atoms with E-state index < -0.39 is 5.91 Å². The van der Waals surface area contributed by atoms with Gasteiger partial charge in [0.15, 0.2) is 23.8 Å². The third kappa shape index (κ3) is 4.68. The Morgan fingerprint density at radius 3 is 2.53 bits per heavy atom. The Morgan fingerprint density at radius 1 is 1.09 bits per heavy atom. The Kier molecular flexibility index (Phi) is 6.44. The molecule has 0 bridgehead atoms. The number of hydrogen-bond donors (Lipinski definition) is 2. The number of rotatable bonds is 8. The van der Waals surface area contributed by atoms with Gasteiger partial charge in [-0.05, 0) is 32.0 Å². The minimum Gasteiger partial charge on any atom is -0.493 e. The zero-order valence-corrected chi connectivity index (χ0v) is 19.1. The van der Waals surface area contributed by atoms with Gasteiger partial charge >= 0.3 is 0 Å². The quantitative estimate of drug-likeness (QED) is 0.413. The summed E-state index contributed by atoms with van der Waals surface area (Å²) in [5.74, 6) is -0.253. The molecule has 0 aliphatic rings. The molecular formula is C25H25N5O4. The van der Waals surface area contributed by atoms with Crippen LogP contribution in [0.5, 0.6) is 11.5 Å². The minimum atomic E-state index is -0.619. The molecule has 0 unspecified atom stereocenters. The van der Waals surface area contributed by atoms with Crippen molar-refractivity contribution in [3.8, 4) is 22.8 Å².